The minimum atomic E-state index is -0.446. The van der Waals surface area contributed by atoms with Gasteiger partial charge in [-0.15, -0.1) is 0 Å². The quantitative estimate of drug-likeness (QED) is 0.0925. The van der Waals surface area contributed by atoms with Crippen molar-refractivity contribution in [1.29, 1.82) is 0 Å². The molecule has 0 radical (unpaired) electrons. The molecule has 0 nitrogen and oxygen atoms in total. The molecule has 0 aromatic heterocycles. The first kappa shape index (κ1) is 28.5. The second-order valence-electron chi connectivity index (χ2n) is 9.49. The fourth-order valence-electron chi connectivity index (χ4n) is 4.57. The number of rotatable bonds is 6. The van der Waals surface area contributed by atoms with Crippen LogP contribution in [-0.2, 0) is 20.4 Å². The molecule has 0 heterocycles. The molecule has 222 valence electrons. The molecule has 7 rings (SSSR count). The summed E-state index contributed by atoms with van der Waals surface area (Å²) in [5, 5.41) is 8.39. The van der Waals surface area contributed by atoms with Crippen LogP contribution in [0.2, 0.25) is 0 Å². The van der Waals surface area contributed by atoms with Gasteiger partial charge in [0.15, 0.2) is 0 Å². The Morgan fingerprint density at radius 3 is 0.800 bits per heavy atom. The van der Waals surface area contributed by atoms with E-state index in [4.69, 9.17) is 5.48 Å². The van der Waals surface area contributed by atoms with E-state index < -0.39 is 15.8 Å². The summed E-state index contributed by atoms with van der Waals surface area (Å²) >= 11 is 0. The fraction of sp³-hybridized carbons (Fsp3) is 0. The molecule has 0 saturated carbocycles. The third kappa shape index (κ3) is 10.6. The Hall–Kier alpha value is -3.94. The molecule has 0 spiro atoms. The van der Waals surface area contributed by atoms with Gasteiger partial charge in [0, 0.05) is 2.74 Å². The number of hydrogen-bond donors (Lipinski definition) is 0. The maximum Gasteiger partial charge on any atom is 2.00 e. The molecule has 0 atom stereocenters. The first-order valence-corrected chi connectivity index (χ1v) is 17.1. The summed E-state index contributed by atoms with van der Waals surface area (Å²) in [6, 6.07) is 67.6. The van der Waals surface area contributed by atoms with E-state index in [1.807, 2.05) is 0 Å². The normalized spacial score (nSPS) is 11.2. The van der Waals surface area contributed by atoms with Gasteiger partial charge in [0.2, 0.25) is 0 Å². The SMILES string of the molecule is [2H]c1[c-]cc([2H])c([2H])c1[2H].[Pd+2].c1ccc(P(c2ccccc2)c2ccccc2)cc1.c1ccc(P(c2ccccc2)c2ccccc2)cc1. The summed E-state index contributed by atoms with van der Waals surface area (Å²) in [7, 11) is -0.892. The van der Waals surface area contributed by atoms with E-state index in [2.05, 4.69) is 188 Å². The zero-order valence-corrected chi connectivity index (χ0v) is 28.0. The van der Waals surface area contributed by atoms with Gasteiger partial charge >= 0.3 is 20.4 Å². The predicted octanol–water partition coefficient (Wildman–Crippen LogP) is 8.37. The Morgan fingerprint density at radius 1 is 0.333 bits per heavy atom. The van der Waals surface area contributed by atoms with Gasteiger partial charge in [-0.2, -0.15) is 36.3 Å². The van der Waals surface area contributed by atoms with Crippen molar-refractivity contribution in [3.63, 3.8) is 0 Å². The largest absolute Gasteiger partial charge is 2.00 e. The number of hydrogen-bond acceptors (Lipinski definition) is 0. The van der Waals surface area contributed by atoms with Crippen molar-refractivity contribution in [2.24, 2.45) is 0 Å². The zero-order valence-electron chi connectivity index (χ0n) is 28.6. The van der Waals surface area contributed by atoms with Gasteiger partial charge in [-0.05, 0) is 50.4 Å². The average molecular weight is 712 g/mol. The van der Waals surface area contributed by atoms with Gasteiger partial charge in [-0.1, -0.05) is 182 Å². The first-order valence-electron chi connectivity index (χ1n) is 16.4. The molecule has 0 aliphatic heterocycles. The van der Waals surface area contributed by atoms with E-state index in [1.54, 1.807) is 0 Å². The second-order valence-corrected chi connectivity index (χ2v) is 13.9. The molecule has 0 amide bonds. The molecule has 0 unspecified atom stereocenters. The second kappa shape index (κ2) is 19.4. The molecule has 0 aliphatic rings. The molecule has 0 fully saturated rings. The van der Waals surface area contributed by atoms with Crippen molar-refractivity contribution in [3.8, 4) is 0 Å². The van der Waals surface area contributed by atoms with Crippen molar-refractivity contribution in [2.45, 2.75) is 0 Å². The fourth-order valence-corrected chi connectivity index (χ4v) is 9.18. The van der Waals surface area contributed by atoms with Crippen LogP contribution in [0.25, 0.3) is 0 Å². The summed E-state index contributed by atoms with van der Waals surface area (Å²) < 4.78 is 28.2. The third-order valence-corrected chi connectivity index (χ3v) is 11.4. The maximum atomic E-state index is 7.07. The van der Waals surface area contributed by atoms with Gasteiger partial charge in [0.05, 0.1) is 0 Å². The Labute approximate surface area is 290 Å². The Bertz CT molecular complexity index is 1620. The van der Waals surface area contributed by atoms with E-state index in [1.165, 1.54) is 37.9 Å². The van der Waals surface area contributed by atoms with E-state index in [9.17, 15) is 0 Å². The van der Waals surface area contributed by atoms with Crippen molar-refractivity contribution in [1.82, 2.24) is 0 Å². The van der Waals surface area contributed by atoms with Crippen LogP contribution in [0.15, 0.2) is 212 Å². The van der Waals surface area contributed by atoms with Crippen LogP contribution in [0.1, 0.15) is 5.48 Å². The van der Waals surface area contributed by atoms with Crippen LogP contribution >= 0.6 is 15.8 Å². The Morgan fingerprint density at radius 2 is 0.578 bits per heavy atom. The molecular formula is C42H35P2Pd+. The van der Waals surface area contributed by atoms with E-state index >= 15 is 0 Å². The van der Waals surface area contributed by atoms with Crippen molar-refractivity contribution >= 4 is 47.7 Å². The Kier molecular flexibility index (Phi) is 12.3. The van der Waals surface area contributed by atoms with Crippen LogP contribution in [0.4, 0.5) is 0 Å². The van der Waals surface area contributed by atoms with Crippen molar-refractivity contribution in [2.75, 3.05) is 0 Å². The monoisotopic (exact) mass is 711 g/mol. The predicted molar refractivity (Wildman–Crippen MR) is 196 cm³/mol. The maximum absolute atomic E-state index is 7.07. The molecule has 45 heavy (non-hydrogen) atoms. The van der Waals surface area contributed by atoms with Crippen LogP contribution in [0.5, 0.6) is 0 Å². The van der Waals surface area contributed by atoms with E-state index in [0.717, 1.165) is 0 Å². The molecule has 0 saturated heterocycles. The Balaban J connectivity index is 0.000000172. The molecule has 7 aromatic carbocycles. The first-order chi connectivity index (χ1) is 23.5. The van der Waals surface area contributed by atoms with Crippen LogP contribution in [0.3, 0.4) is 0 Å². The zero-order chi connectivity index (χ0) is 33.6. The van der Waals surface area contributed by atoms with Gasteiger partial charge < -0.3 is 0 Å². The number of benzene rings is 7. The van der Waals surface area contributed by atoms with Gasteiger partial charge in [-0.25, -0.2) is 0 Å². The van der Waals surface area contributed by atoms with Gasteiger partial charge in [-0.3, -0.25) is 0 Å². The molecule has 0 bridgehead atoms. The summed E-state index contributed by atoms with van der Waals surface area (Å²) in [4.78, 5) is 0. The molecular weight excluding hydrogens is 673 g/mol. The topological polar surface area (TPSA) is 0 Å². The molecule has 0 N–H and O–H groups in total. The van der Waals surface area contributed by atoms with Crippen LogP contribution < -0.4 is 31.8 Å². The van der Waals surface area contributed by atoms with E-state index in [-0.39, 0.29) is 44.6 Å². The van der Waals surface area contributed by atoms with Crippen LogP contribution in [-0.4, -0.2) is 0 Å². The summed E-state index contributed by atoms with van der Waals surface area (Å²) in [6.45, 7) is 0. The molecule has 7 aromatic rings. The van der Waals surface area contributed by atoms with Gasteiger partial charge in [0.1, 0.15) is 0 Å². The smallest absolute Gasteiger partial charge is 0.184 e. The van der Waals surface area contributed by atoms with Crippen molar-refractivity contribution < 1.29 is 25.9 Å². The van der Waals surface area contributed by atoms with Crippen LogP contribution in [0, 0.1) is 6.07 Å². The van der Waals surface area contributed by atoms with Gasteiger partial charge in [0.25, 0.3) is 0 Å². The summed E-state index contributed by atoms with van der Waals surface area (Å²) in [5.74, 6) is 0. The average Bonchev–Trinajstić information content (AvgIpc) is 3.16. The van der Waals surface area contributed by atoms with Crippen molar-refractivity contribution in [3.05, 3.63) is 218 Å². The third-order valence-electron chi connectivity index (χ3n) is 6.50. The standard InChI is InChI=1S/2C18H15P.C6H5.Pd/c2*1-4-10-16(11-5-1)19(17-12-6-2-7-13-17)18-14-8-3-9-15-18;1-2-4-6-5-3-1;/h2*1-15H;1-5H;/q;;-1;+2/i;;1D,2D,3D,4D;. The summed E-state index contributed by atoms with van der Waals surface area (Å²) in [6.07, 6.45) is 0. The summed E-state index contributed by atoms with van der Waals surface area (Å²) in [5.41, 5.74) is 0. The molecule has 0 aliphatic carbocycles. The minimum absolute atomic E-state index is 0. The van der Waals surface area contributed by atoms with E-state index in [0.29, 0.717) is 0 Å². The molecule has 3 heteroatoms. The minimum Gasteiger partial charge on any atom is -0.184 e.